The maximum Gasteiger partial charge on any atom is 0.461 e. The topological polar surface area (TPSA) is 46.6 Å². The lowest BCUT2D eigenvalue weighted by Crippen LogP contribution is -2.33. The first-order valence-electron chi connectivity index (χ1n) is 7.26. The van der Waals surface area contributed by atoms with Crippen LogP contribution >= 0.6 is 11.6 Å². The molecule has 0 saturated heterocycles. The van der Waals surface area contributed by atoms with Gasteiger partial charge in [-0.25, -0.2) is 4.90 Å². The third kappa shape index (κ3) is 2.90. The molecule has 26 heavy (non-hydrogen) atoms. The highest BCUT2D eigenvalue weighted by Gasteiger charge is 2.44. The lowest BCUT2D eigenvalue weighted by molar-refractivity contribution is -0.253. The number of ether oxygens (including phenoxy) is 1. The number of hydrogen-bond acceptors (Lipinski definition) is 3. The second kappa shape index (κ2) is 6.28. The van der Waals surface area contributed by atoms with E-state index in [0.717, 1.165) is 17.0 Å². The molecule has 0 bridgehead atoms. The van der Waals surface area contributed by atoms with E-state index in [1.807, 2.05) is 0 Å². The molecule has 0 fully saturated rings. The molecule has 2 aromatic rings. The van der Waals surface area contributed by atoms with Gasteiger partial charge in [-0.2, -0.15) is 17.6 Å². The van der Waals surface area contributed by atoms with Crippen molar-refractivity contribution in [2.45, 2.75) is 19.5 Å². The van der Waals surface area contributed by atoms with E-state index in [-0.39, 0.29) is 27.4 Å². The van der Waals surface area contributed by atoms with Gasteiger partial charge in [0.1, 0.15) is 5.75 Å². The van der Waals surface area contributed by atoms with E-state index in [1.54, 1.807) is 0 Å². The zero-order valence-corrected chi connectivity index (χ0v) is 13.9. The zero-order valence-electron chi connectivity index (χ0n) is 13.1. The number of rotatable bonds is 4. The fourth-order valence-corrected chi connectivity index (χ4v) is 2.86. The lowest BCUT2D eigenvalue weighted by Gasteiger charge is -2.20. The Balaban J connectivity index is 1.96. The Labute approximate surface area is 149 Å². The Kier molecular flexibility index (Phi) is 4.39. The predicted molar refractivity (Wildman–Crippen MR) is 85.4 cm³/mol. The number of aryl methyl sites for hydroxylation is 1. The second-order valence-corrected chi connectivity index (χ2v) is 5.93. The van der Waals surface area contributed by atoms with Crippen molar-refractivity contribution >= 4 is 29.1 Å². The van der Waals surface area contributed by atoms with Crippen LogP contribution in [0.5, 0.6) is 5.75 Å². The minimum Gasteiger partial charge on any atom is -0.428 e. The van der Waals surface area contributed by atoms with Crippen LogP contribution in [0.3, 0.4) is 0 Å². The molecule has 2 amide bonds. The first-order valence-corrected chi connectivity index (χ1v) is 7.64. The maximum absolute atomic E-state index is 13.0. The number of fused-ring (bicyclic) bond motifs is 1. The Hall–Kier alpha value is -2.61. The number of anilines is 1. The summed E-state index contributed by atoms with van der Waals surface area (Å²) in [5.74, 6) is -1.81. The Bertz CT molecular complexity index is 917. The number of imide groups is 1. The number of benzene rings is 2. The van der Waals surface area contributed by atoms with E-state index in [9.17, 15) is 27.2 Å². The van der Waals surface area contributed by atoms with Crippen molar-refractivity contribution in [3.63, 3.8) is 0 Å². The van der Waals surface area contributed by atoms with Gasteiger partial charge < -0.3 is 4.74 Å². The molecule has 136 valence electrons. The van der Waals surface area contributed by atoms with E-state index >= 15 is 0 Å². The molecule has 1 aliphatic heterocycles. The molecule has 0 atom stereocenters. The summed E-state index contributed by atoms with van der Waals surface area (Å²) in [7, 11) is 0. The van der Waals surface area contributed by atoms with Gasteiger partial charge in [-0.1, -0.05) is 17.7 Å². The molecule has 1 heterocycles. The van der Waals surface area contributed by atoms with Gasteiger partial charge in [0.15, 0.2) is 0 Å². The molecule has 1 aliphatic rings. The van der Waals surface area contributed by atoms with Crippen molar-refractivity contribution < 1.29 is 31.9 Å². The summed E-state index contributed by atoms with van der Waals surface area (Å²) >= 11 is 5.98. The quantitative estimate of drug-likeness (QED) is 0.565. The summed E-state index contributed by atoms with van der Waals surface area (Å²) in [6, 6.07) is 7.61. The SMILES string of the molecule is Cc1cc(OC(F)(F)C(F)F)ccc1N1C(=O)c2cccc(Cl)c2C1=O. The van der Waals surface area contributed by atoms with Gasteiger partial charge >= 0.3 is 12.5 Å². The van der Waals surface area contributed by atoms with Crippen molar-refractivity contribution in [2.24, 2.45) is 0 Å². The Morgan fingerprint density at radius 3 is 2.38 bits per heavy atom. The summed E-state index contributed by atoms with van der Waals surface area (Å²) in [5.41, 5.74) is 0.479. The highest BCUT2D eigenvalue weighted by Crippen LogP contribution is 2.36. The van der Waals surface area contributed by atoms with Crippen molar-refractivity contribution in [1.82, 2.24) is 0 Å². The molecule has 0 aromatic heterocycles. The van der Waals surface area contributed by atoms with Crippen molar-refractivity contribution in [3.05, 3.63) is 58.1 Å². The first-order chi connectivity index (χ1) is 12.1. The zero-order chi connectivity index (χ0) is 19.2. The number of carbonyl (C=O) groups excluding carboxylic acids is 2. The fourth-order valence-electron chi connectivity index (χ4n) is 2.61. The molecule has 0 saturated carbocycles. The van der Waals surface area contributed by atoms with Gasteiger partial charge in [-0.05, 0) is 42.8 Å². The molecule has 2 aromatic carbocycles. The minimum absolute atomic E-state index is 0.0446. The molecule has 0 N–H and O–H groups in total. The van der Waals surface area contributed by atoms with Crippen LogP contribution in [0.1, 0.15) is 26.3 Å². The van der Waals surface area contributed by atoms with Crippen molar-refractivity contribution in [2.75, 3.05) is 4.90 Å². The van der Waals surface area contributed by atoms with E-state index in [1.165, 1.54) is 31.2 Å². The molecule has 9 heteroatoms. The summed E-state index contributed by atoms with van der Waals surface area (Å²) in [6.45, 7) is 1.42. The van der Waals surface area contributed by atoms with Gasteiger partial charge in [0.2, 0.25) is 0 Å². The van der Waals surface area contributed by atoms with Gasteiger partial charge in [-0.3, -0.25) is 9.59 Å². The monoisotopic (exact) mass is 387 g/mol. The van der Waals surface area contributed by atoms with Gasteiger partial charge in [-0.15, -0.1) is 0 Å². The fraction of sp³-hybridized carbons (Fsp3) is 0.176. The van der Waals surface area contributed by atoms with Gasteiger partial charge in [0.05, 0.1) is 21.8 Å². The van der Waals surface area contributed by atoms with E-state index in [0.29, 0.717) is 0 Å². The number of nitrogens with zero attached hydrogens (tertiary/aromatic N) is 1. The summed E-state index contributed by atoms with van der Waals surface area (Å²) < 4.78 is 54.5. The lowest BCUT2D eigenvalue weighted by atomic mass is 10.1. The van der Waals surface area contributed by atoms with Crippen molar-refractivity contribution in [1.29, 1.82) is 0 Å². The number of alkyl halides is 4. The van der Waals surface area contributed by atoms with Crippen LogP contribution in [0.15, 0.2) is 36.4 Å². The maximum atomic E-state index is 13.0. The first kappa shape index (κ1) is 18.2. The Morgan fingerprint density at radius 2 is 1.81 bits per heavy atom. The van der Waals surface area contributed by atoms with E-state index in [4.69, 9.17) is 11.6 Å². The molecule has 0 unspecified atom stereocenters. The van der Waals surface area contributed by atoms with E-state index in [2.05, 4.69) is 4.74 Å². The number of halogens is 5. The summed E-state index contributed by atoms with van der Waals surface area (Å²) in [6.07, 6.45) is -8.65. The molecule has 4 nitrogen and oxygen atoms in total. The van der Waals surface area contributed by atoms with Gasteiger partial charge in [0.25, 0.3) is 11.8 Å². The second-order valence-electron chi connectivity index (χ2n) is 5.52. The van der Waals surface area contributed by atoms with Crippen LogP contribution in [-0.4, -0.2) is 24.3 Å². The third-order valence-corrected chi connectivity index (χ3v) is 4.10. The van der Waals surface area contributed by atoms with Crippen molar-refractivity contribution in [3.8, 4) is 5.75 Å². The molecule has 0 aliphatic carbocycles. The molecular formula is C17H10ClF4NO3. The van der Waals surface area contributed by atoms with Crippen LogP contribution in [0.25, 0.3) is 0 Å². The average molecular weight is 388 g/mol. The molecule has 0 radical (unpaired) electrons. The minimum atomic E-state index is -4.66. The smallest absolute Gasteiger partial charge is 0.428 e. The molecule has 0 spiro atoms. The standard InChI is InChI=1S/C17H10ClF4NO3/c1-8-7-9(26-17(21,22)16(19)20)5-6-12(8)23-14(24)10-3-2-4-11(18)13(10)15(23)25/h2-7,16H,1H3. The third-order valence-electron chi connectivity index (χ3n) is 3.78. The normalized spacial score (nSPS) is 14.2. The largest absolute Gasteiger partial charge is 0.461 e. The van der Waals surface area contributed by atoms with E-state index < -0.39 is 30.1 Å². The highest BCUT2D eigenvalue weighted by atomic mass is 35.5. The average Bonchev–Trinajstić information content (AvgIpc) is 2.80. The van der Waals surface area contributed by atoms with Crippen LogP contribution in [0.4, 0.5) is 23.2 Å². The number of amides is 2. The predicted octanol–water partition coefficient (Wildman–Crippen LogP) is 4.69. The Morgan fingerprint density at radius 1 is 1.12 bits per heavy atom. The van der Waals surface area contributed by atoms with Crippen LogP contribution in [0, 0.1) is 6.92 Å². The van der Waals surface area contributed by atoms with Crippen LogP contribution in [0.2, 0.25) is 5.02 Å². The number of carbonyl (C=O) groups is 2. The van der Waals surface area contributed by atoms with Gasteiger partial charge in [0, 0.05) is 0 Å². The summed E-state index contributed by atoms with van der Waals surface area (Å²) in [4.78, 5) is 25.9. The summed E-state index contributed by atoms with van der Waals surface area (Å²) in [5, 5.41) is 0.109. The van der Waals surface area contributed by atoms with Crippen LogP contribution < -0.4 is 9.64 Å². The highest BCUT2D eigenvalue weighted by molar-refractivity contribution is 6.42. The molecular weight excluding hydrogens is 378 g/mol. The molecule has 3 rings (SSSR count). The number of hydrogen-bond donors (Lipinski definition) is 0. The van der Waals surface area contributed by atoms with Crippen LogP contribution in [-0.2, 0) is 0 Å².